The van der Waals surface area contributed by atoms with Crippen molar-refractivity contribution in [3.63, 3.8) is 0 Å². The Hall–Kier alpha value is -2.96. The van der Waals surface area contributed by atoms with E-state index in [4.69, 9.17) is 0 Å². The van der Waals surface area contributed by atoms with Crippen molar-refractivity contribution in [2.75, 3.05) is 49.6 Å². The maximum absolute atomic E-state index is 12.8. The second-order valence-electron chi connectivity index (χ2n) is 8.14. The molecule has 1 N–H and O–H groups in total. The van der Waals surface area contributed by atoms with Crippen molar-refractivity contribution in [2.45, 2.75) is 17.7 Å². The number of nitrogens with one attached hydrogen (secondary N) is 1. The standard InChI is InChI=1S/C22H28N4O6S2/c1-24(2)34(31,32)18-12-10-17(11-13-18)26(33(3,29)30)16-21(27)23-20-9-5-4-8-19(20)22(28)25-14-6-7-15-25/h4-5,8-13H,6-7,14-16H2,1-3H3,(H,23,27). The zero-order valence-corrected chi connectivity index (χ0v) is 20.9. The molecule has 184 valence electrons. The highest BCUT2D eigenvalue weighted by Crippen LogP contribution is 2.23. The van der Waals surface area contributed by atoms with Gasteiger partial charge in [0.2, 0.25) is 26.0 Å². The lowest BCUT2D eigenvalue weighted by Gasteiger charge is -2.23. The zero-order chi connectivity index (χ0) is 25.1. The van der Waals surface area contributed by atoms with Crippen LogP contribution in [0.15, 0.2) is 53.4 Å². The molecule has 1 aliphatic heterocycles. The fourth-order valence-electron chi connectivity index (χ4n) is 3.58. The number of para-hydroxylation sites is 1. The van der Waals surface area contributed by atoms with Gasteiger partial charge in [-0.2, -0.15) is 0 Å². The summed E-state index contributed by atoms with van der Waals surface area (Å²) in [5.74, 6) is -0.830. The third-order valence-electron chi connectivity index (χ3n) is 5.42. The van der Waals surface area contributed by atoms with Crippen molar-refractivity contribution >= 4 is 43.2 Å². The van der Waals surface area contributed by atoms with Gasteiger partial charge in [-0.25, -0.2) is 21.1 Å². The third-order valence-corrected chi connectivity index (χ3v) is 8.39. The molecule has 0 spiro atoms. The van der Waals surface area contributed by atoms with Crippen LogP contribution < -0.4 is 9.62 Å². The first-order valence-electron chi connectivity index (χ1n) is 10.6. The number of hydrogen-bond acceptors (Lipinski definition) is 6. The summed E-state index contributed by atoms with van der Waals surface area (Å²) in [6.45, 7) is 0.760. The maximum atomic E-state index is 12.8. The number of anilines is 2. The molecule has 1 saturated heterocycles. The number of likely N-dealkylation sites (tertiary alicyclic amines) is 1. The number of benzene rings is 2. The van der Waals surface area contributed by atoms with Crippen LogP contribution in [0.3, 0.4) is 0 Å². The number of carbonyl (C=O) groups is 2. The van der Waals surface area contributed by atoms with E-state index >= 15 is 0 Å². The molecule has 1 aliphatic rings. The van der Waals surface area contributed by atoms with E-state index in [1.54, 1.807) is 29.2 Å². The lowest BCUT2D eigenvalue weighted by Crippen LogP contribution is -2.38. The highest BCUT2D eigenvalue weighted by molar-refractivity contribution is 7.92. The van der Waals surface area contributed by atoms with Crippen LogP contribution in [0.2, 0.25) is 0 Å². The second-order valence-corrected chi connectivity index (χ2v) is 12.2. The van der Waals surface area contributed by atoms with Crippen molar-refractivity contribution in [1.82, 2.24) is 9.21 Å². The summed E-state index contributed by atoms with van der Waals surface area (Å²) < 4.78 is 51.3. The van der Waals surface area contributed by atoms with Crippen LogP contribution in [-0.4, -0.2) is 77.8 Å². The van der Waals surface area contributed by atoms with Gasteiger partial charge < -0.3 is 10.2 Å². The van der Waals surface area contributed by atoms with Crippen molar-refractivity contribution in [2.24, 2.45) is 0 Å². The van der Waals surface area contributed by atoms with E-state index in [1.165, 1.54) is 38.4 Å². The minimum Gasteiger partial charge on any atom is -0.339 e. The lowest BCUT2D eigenvalue weighted by atomic mass is 10.1. The van der Waals surface area contributed by atoms with Crippen molar-refractivity contribution in [1.29, 1.82) is 0 Å². The first-order valence-corrected chi connectivity index (χ1v) is 13.9. The van der Waals surface area contributed by atoms with E-state index in [2.05, 4.69) is 5.32 Å². The summed E-state index contributed by atoms with van der Waals surface area (Å²) in [6, 6.07) is 11.8. The molecular weight excluding hydrogens is 480 g/mol. The molecule has 10 nitrogen and oxygen atoms in total. The lowest BCUT2D eigenvalue weighted by molar-refractivity contribution is -0.114. The summed E-state index contributed by atoms with van der Waals surface area (Å²) in [6.07, 6.45) is 2.81. The van der Waals surface area contributed by atoms with E-state index < -0.39 is 32.5 Å². The molecular formula is C22H28N4O6S2. The number of amides is 2. The molecule has 0 saturated carbocycles. The Morgan fingerprint density at radius 2 is 1.53 bits per heavy atom. The monoisotopic (exact) mass is 508 g/mol. The topological polar surface area (TPSA) is 124 Å². The molecule has 34 heavy (non-hydrogen) atoms. The summed E-state index contributed by atoms with van der Waals surface area (Å²) in [4.78, 5) is 27.4. The van der Waals surface area contributed by atoms with E-state index in [-0.39, 0.29) is 16.5 Å². The predicted molar refractivity (Wildman–Crippen MR) is 130 cm³/mol. The van der Waals surface area contributed by atoms with E-state index in [0.29, 0.717) is 24.3 Å². The Labute approximate surface area is 200 Å². The van der Waals surface area contributed by atoms with Crippen LogP contribution in [0.4, 0.5) is 11.4 Å². The molecule has 0 atom stereocenters. The third kappa shape index (κ3) is 5.75. The van der Waals surface area contributed by atoms with Gasteiger partial charge in [-0.1, -0.05) is 12.1 Å². The van der Waals surface area contributed by atoms with Gasteiger partial charge in [0.1, 0.15) is 6.54 Å². The van der Waals surface area contributed by atoms with E-state index in [1.807, 2.05) is 0 Å². The predicted octanol–water partition coefficient (Wildman–Crippen LogP) is 1.58. The molecule has 3 rings (SSSR count). The minimum absolute atomic E-state index is 0.00601. The Morgan fingerprint density at radius 3 is 2.09 bits per heavy atom. The highest BCUT2D eigenvalue weighted by Gasteiger charge is 2.25. The van der Waals surface area contributed by atoms with Gasteiger partial charge in [0.15, 0.2) is 0 Å². The molecule has 1 heterocycles. The first kappa shape index (κ1) is 25.7. The van der Waals surface area contributed by atoms with E-state index in [0.717, 1.165) is 27.7 Å². The minimum atomic E-state index is -3.87. The summed E-state index contributed by atoms with van der Waals surface area (Å²) in [5, 5.41) is 2.64. The summed E-state index contributed by atoms with van der Waals surface area (Å²) >= 11 is 0. The molecule has 2 amide bonds. The van der Waals surface area contributed by atoms with Gasteiger partial charge in [-0.15, -0.1) is 0 Å². The van der Waals surface area contributed by atoms with Gasteiger partial charge in [0.05, 0.1) is 28.1 Å². The van der Waals surface area contributed by atoms with Crippen LogP contribution in [0.1, 0.15) is 23.2 Å². The average molecular weight is 509 g/mol. The first-order chi connectivity index (χ1) is 15.9. The SMILES string of the molecule is CN(C)S(=O)(=O)c1ccc(N(CC(=O)Nc2ccccc2C(=O)N2CCCC2)S(C)(=O)=O)cc1. The van der Waals surface area contributed by atoms with Gasteiger partial charge >= 0.3 is 0 Å². The van der Waals surface area contributed by atoms with Crippen LogP contribution in [0, 0.1) is 0 Å². The van der Waals surface area contributed by atoms with Gasteiger partial charge in [-0.3, -0.25) is 13.9 Å². The van der Waals surface area contributed by atoms with Crippen LogP contribution in [0.5, 0.6) is 0 Å². The second kappa shape index (κ2) is 10.1. The molecule has 0 bridgehead atoms. The summed E-state index contributed by atoms with van der Waals surface area (Å²) in [7, 11) is -4.78. The molecule has 2 aromatic carbocycles. The Morgan fingerprint density at radius 1 is 0.941 bits per heavy atom. The molecule has 0 aliphatic carbocycles. The van der Waals surface area contributed by atoms with Crippen LogP contribution in [-0.2, 0) is 24.8 Å². The summed E-state index contributed by atoms with van der Waals surface area (Å²) in [5.41, 5.74) is 0.768. The van der Waals surface area contributed by atoms with Gasteiger partial charge in [0.25, 0.3) is 5.91 Å². The van der Waals surface area contributed by atoms with Gasteiger partial charge in [0, 0.05) is 27.2 Å². The maximum Gasteiger partial charge on any atom is 0.255 e. The molecule has 2 aromatic rings. The number of nitrogens with zero attached hydrogens (tertiary/aromatic N) is 3. The highest BCUT2D eigenvalue weighted by atomic mass is 32.2. The quantitative estimate of drug-likeness (QED) is 0.577. The number of hydrogen-bond donors (Lipinski definition) is 1. The fourth-order valence-corrected chi connectivity index (χ4v) is 5.34. The molecule has 12 heteroatoms. The molecule has 0 aromatic heterocycles. The van der Waals surface area contributed by atoms with Crippen LogP contribution in [0.25, 0.3) is 0 Å². The smallest absolute Gasteiger partial charge is 0.255 e. The fraction of sp³-hybridized carbons (Fsp3) is 0.364. The van der Waals surface area contributed by atoms with Crippen LogP contribution >= 0.6 is 0 Å². The van der Waals surface area contributed by atoms with E-state index in [9.17, 15) is 26.4 Å². The van der Waals surface area contributed by atoms with Crippen molar-refractivity contribution < 1.29 is 26.4 Å². The average Bonchev–Trinajstić information content (AvgIpc) is 3.31. The number of carbonyl (C=O) groups excluding carboxylic acids is 2. The van der Waals surface area contributed by atoms with Crippen molar-refractivity contribution in [3.05, 3.63) is 54.1 Å². The molecule has 0 radical (unpaired) electrons. The largest absolute Gasteiger partial charge is 0.339 e. The normalized spacial score (nSPS) is 14.3. The Kier molecular flexibility index (Phi) is 7.64. The Balaban J connectivity index is 1.81. The zero-order valence-electron chi connectivity index (χ0n) is 19.3. The molecule has 0 unspecified atom stereocenters. The Bertz CT molecular complexity index is 1270. The molecule has 1 fully saturated rings. The van der Waals surface area contributed by atoms with Gasteiger partial charge in [-0.05, 0) is 49.2 Å². The number of rotatable bonds is 8. The number of sulfonamides is 2. The van der Waals surface area contributed by atoms with Crippen molar-refractivity contribution in [3.8, 4) is 0 Å².